The molecule has 184 valence electrons. The standard InChI is InChI=1S/C17H20N6O9S2/c1-17(2,14(26)27)32-21-12(9-7-33-15(18)20-9)11(24)5-8-10(6-22-4-3-19-16(22)28)23(13(8)25)34(29,30)31/h3-4,7-8,10H,5-6H2,1-2H3,(H2,18,20)(H,19,28)(H,26,27)(H,29,30,31)/b21-12-/t8-,10+/m0/s1. The Morgan fingerprint density at radius 1 is 1.38 bits per heavy atom. The number of hydrogen-bond donors (Lipinski definition) is 4. The zero-order chi connectivity index (χ0) is 25.4. The molecule has 2 aromatic heterocycles. The smallest absolute Gasteiger partial charge is 0.362 e. The van der Waals surface area contributed by atoms with Crippen LogP contribution in [0.5, 0.6) is 0 Å². The molecular weight excluding hydrogens is 496 g/mol. The summed E-state index contributed by atoms with van der Waals surface area (Å²) in [6.07, 6.45) is 2.00. The number of oxime groups is 1. The fraction of sp³-hybridized carbons (Fsp3) is 0.412. The predicted molar refractivity (Wildman–Crippen MR) is 116 cm³/mol. The van der Waals surface area contributed by atoms with Crippen LogP contribution < -0.4 is 11.4 Å². The lowest BCUT2D eigenvalue weighted by Gasteiger charge is -2.43. The maximum Gasteiger partial charge on any atom is 0.362 e. The summed E-state index contributed by atoms with van der Waals surface area (Å²) < 4.78 is 34.0. The number of aromatic amines is 1. The summed E-state index contributed by atoms with van der Waals surface area (Å²) in [5.41, 5.74) is 2.73. The van der Waals surface area contributed by atoms with Crippen LogP contribution in [-0.2, 0) is 36.1 Å². The van der Waals surface area contributed by atoms with Crippen LogP contribution in [0, 0.1) is 5.92 Å². The summed E-state index contributed by atoms with van der Waals surface area (Å²) in [4.78, 5) is 60.0. The topological polar surface area (TPSA) is 227 Å². The van der Waals surface area contributed by atoms with Crippen molar-refractivity contribution in [3.05, 3.63) is 34.0 Å². The molecule has 0 spiro atoms. The molecular formula is C17H20N6O9S2. The number of carbonyl (C=O) groups is 3. The first-order valence-electron chi connectivity index (χ1n) is 9.51. The number of rotatable bonds is 10. The molecule has 17 heteroatoms. The summed E-state index contributed by atoms with van der Waals surface area (Å²) in [7, 11) is -4.96. The normalized spacial score (nSPS) is 19.1. The molecule has 0 saturated carbocycles. The second-order valence-corrected chi connectivity index (χ2v) is 9.93. The minimum atomic E-state index is -4.96. The van der Waals surface area contributed by atoms with E-state index in [1.165, 1.54) is 31.6 Å². The van der Waals surface area contributed by atoms with Gasteiger partial charge in [-0.25, -0.2) is 18.9 Å². The van der Waals surface area contributed by atoms with E-state index in [1.54, 1.807) is 0 Å². The van der Waals surface area contributed by atoms with Crippen LogP contribution in [0.3, 0.4) is 0 Å². The number of imidazole rings is 1. The number of amides is 1. The zero-order valence-electron chi connectivity index (χ0n) is 17.7. The van der Waals surface area contributed by atoms with Gasteiger partial charge in [-0.1, -0.05) is 5.16 Å². The van der Waals surface area contributed by atoms with Crippen molar-refractivity contribution in [2.75, 3.05) is 5.73 Å². The number of ketones is 1. The van der Waals surface area contributed by atoms with Gasteiger partial charge in [-0.3, -0.25) is 18.7 Å². The number of aliphatic carboxylic acids is 1. The van der Waals surface area contributed by atoms with Gasteiger partial charge in [-0.15, -0.1) is 11.3 Å². The maximum absolute atomic E-state index is 13.1. The number of nitrogens with two attached hydrogens (primary N) is 1. The first kappa shape index (κ1) is 25.1. The first-order valence-corrected chi connectivity index (χ1v) is 11.8. The number of nitrogens with zero attached hydrogens (tertiary/aromatic N) is 4. The molecule has 1 saturated heterocycles. The van der Waals surface area contributed by atoms with E-state index in [0.29, 0.717) is 0 Å². The molecule has 2 atom stereocenters. The molecule has 3 rings (SSSR count). The molecule has 0 bridgehead atoms. The number of aromatic nitrogens is 3. The van der Waals surface area contributed by atoms with Crippen molar-refractivity contribution in [2.24, 2.45) is 11.1 Å². The first-order chi connectivity index (χ1) is 15.7. The Morgan fingerprint density at radius 2 is 2.06 bits per heavy atom. The maximum atomic E-state index is 13.1. The molecule has 1 amide bonds. The van der Waals surface area contributed by atoms with Gasteiger partial charge in [0.2, 0.25) is 11.5 Å². The largest absolute Gasteiger partial charge is 0.478 e. The van der Waals surface area contributed by atoms with Crippen molar-refractivity contribution >= 4 is 50.1 Å². The number of carbonyl (C=O) groups excluding carboxylic acids is 2. The fourth-order valence-electron chi connectivity index (χ4n) is 3.11. The van der Waals surface area contributed by atoms with E-state index in [4.69, 9.17) is 10.6 Å². The van der Waals surface area contributed by atoms with E-state index in [2.05, 4.69) is 15.1 Å². The third kappa shape index (κ3) is 5.00. The second kappa shape index (κ2) is 8.99. The van der Waals surface area contributed by atoms with Gasteiger partial charge in [-0.05, 0) is 13.8 Å². The van der Waals surface area contributed by atoms with Crippen LogP contribution in [0.1, 0.15) is 26.0 Å². The van der Waals surface area contributed by atoms with E-state index < -0.39 is 63.3 Å². The van der Waals surface area contributed by atoms with E-state index in [0.717, 1.165) is 15.9 Å². The molecule has 15 nitrogen and oxygen atoms in total. The van der Waals surface area contributed by atoms with Gasteiger partial charge >= 0.3 is 22.0 Å². The Hall–Kier alpha value is -3.57. The average Bonchev–Trinajstić information content (AvgIpc) is 3.32. The van der Waals surface area contributed by atoms with Crippen LogP contribution in [0.4, 0.5) is 5.13 Å². The zero-order valence-corrected chi connectivity index (χ0v) is 19.4. The van der Waals surface area contributed by atoms with Gasteiger partial charge in [0.15, 0.2) is 16.6 Å². The number of thiazole rings is 1. The van der Waals surface area contributed by atoms with Gasteiger partial charge < -0.3 is 20.7 Å². The molecule has 1 fully saturated rings. The minimum Gasteiger partial charge on any atom is -0.478 e. The summed E-state index contributed by atoms with van der Waals surface area (Å²) in [6, 6.07) is -1.25. The van der Waals surface area contributed by atoms with Crippen molar-refractivity contribution < 1.29 is 37.3 Å². The Labute approximate surface area is 195 Å². The van der Waals surface area contributed by atoms with Crippen LogP contribution in [0.25, 0.3) is 0 Å². The number of β-lactam (4-membered cyclic amide) rings is 1. The Kier molecular flexibility index (Phi) is 6.63. The van der Waals surface area contributed by atoms with Crippen molar-refractivity contribution in [1.29, 1.82) is 0 Å². The minimum absolute atomic E-state index is 0.0366. The van der Waals surface area contributed by atoms with Gasteiger partial charge in [0, 0.05) is 30.7 Å². The number of nitrogen functional groups attached to an aromatic ring is 1. The number of carboxylic acid groups (broad SMARTS) is 1. The van der Waals surface area contributed by atoms with Crippen molar-refractivity contribution in [1.82, 2.24) is 18.8 Å². The lowest BCUT2D eigenvalue weighted by Crippen LogP contribution is -2.65. The number of anilines is 1. The van der Waals surface area contributed by atoms with Gasteiger partial charge in [-0.2, -0.15) is 8.42 Å². The van der Waals surface area contributed by atoms with Crippen LogP contribution in [0.2, 0.25) is 0 Å². The number of nitrogens with one attached hydrogen (secondary N) is 1. The Balaban J connectivity index is 1.90. The highest BCUT2D eigenvalue weighted by atomic mass is 32.2. The quantitative estimate of drug-likeness (QED) is 0.131. The molecule has 3 heterocycles. The molecule has 0 unspecified atom stereocenters. The molecule has 5 N–H and O–H groups in total. The van der Waals surface area contributed by atoms with Crippen LogP contribution in [0.15, 0.2) is 27.7 Å². The molecule has 2 aromatic rings. The summed E-state index contributed by atoms with van der Waals surface area (Å²) in [5, 5.41) is 14.3. The van der Waals surface area contributed by atoms with E-state index in [1.807, 2.05) is 0 Å². The van der Waals surface area contributed by atoms with Gasteiger partial charge in [0.25, 0.3) is 0 Å². The Morgan fingerprint density at radius 3 is 2.56 bits per heavy atom. The highest BCUT2D eigenvalue weighted by Crippen LogP contribution is 2.33. The average molecular weight is 517 g/mol. The second-order valence-electron chi connectivity index (χ2n) is 7.75. The lowest BCUT2D eigenvalue weighted by atomic mass is 9.84. The van der Waals surface area contributed by atoms with Gasteiger partial charge in [0.05, 0.1) is 12.0 Å². The number of H-pyrrole nitrogens is 1. The van der Waals surface area contributed by atoms with Crippen molar-refractivity contribution in [3.63, 3.8) is 0 Å². The highest BCUT2D eigenvalue weighted by Gasteiger charge is 2.54. The molecule has 0 aliphatic carbocycles. The van der Waals surface area contributed by atoms with Crippen molar-refractivity contribution in [3.8, 4) is 0 Å². The fourth-order valence-corrected chi connectivity index (χ4v) is 4.58. The summed E-state index contributed by atoms with van der Waals surface area (Å²) in [6.45, 7) is 2.06. The highest BCUT2D eigenvalue weighted by molar-refractivity contribution is 7.84. The molecule has 0 radical (unpaired) electrons. The number of hydrogen-bond acceptors (Lipinski definition) is 11. The van der Waals surface area contributed by atoms with Gasteiger partial charge in [0.1, 0.15) is 5.69 Å². The third-order valence-electron chi connectivity index (χ3n) is 4.97. The predicted octanol–water partition coefficient (Wildman–Crippen LogP) is -0.912. The monoisotopic (exact) mass is 516 g/mol. The molecule has 0 aromatic carbocycles. The van der Waals surface area contributed by atoms with Crippen LogP contribution >= 0.6 is 11.3 Å². The van der Waals surface area contributed by atoms with Crippen LogP contribution in [-0.4, -0.2) is 71.9 Å². The third-order valence-corrected chi connectivity index (χ3v) is 6.59. The summed E-state index contributed by atoms with van der Waals surface area (Å²) >= 11 is 0.970. The van der Waals surface area contributed by atoms with E-state index in [9.17, 15) is 37.3 Å². The Bertz CT molecular complexity index is 1320. The van der Waals surface area contributed by atoms with E-state index in [-0.39, 0.29) is 21.7 Å². The van der Waals surface area contributed by atoms with Crippen molar-refractivity contribution in [2.45, 2.75) is 38.5 Å². The number of carboxylic acids is 1. The number of Topliss-reactive ketones (excluding diaryl/α,β-unsaturated/α-hetero) is 1. The summed E-state index contributed by atoms with van der Waals surface area (Å²) in [5.74, 6) is -4.50. The molecule has 1 aliphatic heterocycles. The molecule has 34 heavy (non-hydrogen) atoms. The van der Waals surface area contributed by atoms with E-state index >= 15 is 0 Å². The SMILES string of the molecule is CC(C)(O/N=C(\C(=O)C[C@@H]1C(=O)N(S(=O)(=O)O)[C@@H]1Cn1cc[nH]c1=O)c1csc(N)n1)C(=O)O. The lowest BCUT2D eigenvalue weighted by molar-refractivity contribution is -0.161. The molecule has 1 aliphatic rings.